The van der Waals surface area contributed by atoms with Crippen molar-refractivity contribution in [3.05, 3.63) is 82.2 Å². The van der Waals surface area contributed by atoms with Crippen LogP contribution in [0.15, 0.2) is 64.5 Å². The standard InChI is InChI=1S/C42H44F2N8O11S2/c1-46-65(59,60)49-34-7-5-32(43)39(31(34)21-45)63-27-3-6-33-30(18-27)41(56)52(24-47-33)26-20-42(61-23-26)12-16-51(17-13-42)38(54)22-50-14-10-25(11-15-50)29-4-2-28(19-36(29)64(44,57)58)62-35-8-9-37(53)48-40(35)55/h2-7,18-19,24-26,35,46,49H,8-17,20,22-23H2,1H3,(H,48,53,55)/t26-,35?/m0/s1. The van der Waals surface area contributed by atoms with E-state index in [0.29, 0.717) is 63.8 Å². The average Bonchev–Trinajstić information content (AvgIpc) is 3.68. The maximum Gasteiger partial charge on any atom is 0.332 e. The number of hydrogen-bond acceptors (Lipinski definition) is 14. The highest BCUT2D eigenvalue weighted by atomic mass is 32.3. The average molecular weight is 939 g/mol. The first-order valence-electron chi connectivity index (χ1n) is 20.8. The van der Waals surface area contributed by atoms with E-state index in [1.54, 1.807) is 11.0 Å². The van der Waals surface area contributed by atoms with Gasteiger partial charge in [-0.25, -0.2) is 14.1 Å². The second kappa shape index (κ2) is 18.1. The first kappa shape index (κ1) is 45.5. The van der Waals surface area contributed by atoms with Crippen LogP contribution in [0.4, 0.5) is 14.0 Å². The number of fused-ring (bicyclic) bond motifs is 1. The summed E-state index contributed by atoms with van der Waals surface area (Å²) < 4.78 is 102. The van der Waals surface area contributed by atoms with Crippen LogP contribution in [0.5, 0.6) is 17.2 Å². The SMILES string of the molecule is CNS(=O)(=O)Nc1ccc(F)c(Oc2ccc3ncn([C@@H]4COC5(CCN(C(=O)CN6CCC(c7ccc(OC8CCC(=O)NC8=O)cc7S(=O)(=O)F)CC6)CC5)C4)c(=O)c3c2)c1C#N. The molecule has 3 N–H and O–H groups in total. The van der Waals surface area contributed by atoms with Gasteiger partial charge in [0.2, 0.25) is 11.8 Å². The Morgan fingerprint density at radius 2 is 1.75 bits per heavy atom. The number of amides is 3. The molecular weight excluding hydrogens is 895 g/mol. The summed E-state index contributed by atoms with van der Waals surface area (Å²) >= 11 is 0. The lowest BCUT2D eigenvalue weighted by Crippen LogP contribution is -2.50. The predicted molar refractivity (Wildman–Crippen MR) is 227 cm³/mol. The maximum absolute atomic E-state index is 15.0. The van der Waals surface area contributed by atoms with Crippen molar-refractivity contribution >= 4 is 54.7 Å². The largest absolute Gasteiger partial charge is 0.481 e. The van der Waals surface area contributed by atoms with Gasteiger partial charge >= 0.3 is 10.2 Å². The number of halogens is 2. The van der Waals surface area contributed by atoms with Crippen molar-refractivity contribution in [1.29, 1.82) is 5.26 Å². The van der Waals surface area contributed by atoms with E-state index in [-0.39, 0.29) is 72.0 Å². The molecule has 0 aliphatic carbocycles. The van der Waals surface area contributed by atoms with E-state index in [4.69, 9.17) is 14.2 Å². The fraction of sp³-hybridized carbons (Fsp3) is 0.429. The Balaban J connectivity index is 0.860. The molecule has 5 heterocycles. The van der Waals surface area contributed by atoms with E-state index in [9.17, 15) is 49.6 Å². The van der Waals surface area contributed by atoms with E-state index in [2.05, 4.69) is 19.7 Å². The number of imide groups is 1. The molecule has 65 heavy (non-hydrogen) atoms. The molecule has 1 spiro atoms. The lowest BCUT2D eigenvalue weighted by molar-refractivity contribution is -0.139. The summed E-state index contributed by atoms with van der Waals surface area (Å²) in [4.78, 5) is 58.7. The number of carbonyl (C=O) groups is 3. The third kappa shape index (κ3) is 9.81. The van der Waals surface area contributed by atoms with Gasteiger partial charge < -0.3 is 19.1 Å². The molecule has 0 bridgehead atoms. The van der Waals surface area contributed by atoms with E-state index >= 15 is 0 Å². The zero-order valence-electron chi connectivity index (χ0n) is 34.9. The zero-order valence-corrected chi connectivity index (χ0v) is 36.6. The molecule has 2 atom stereocenters. The van der Waals surface area contributed by atoms with E-state index in [1.165, 1.54) is 41.2 Å². The van der Waals surface area contributed by atoms with Crippen LogP contribution in [0.1, 0.15) is 68.0 Å². The van der Waals surface area contributed by atoms with Crippen LogP contribution in [0.2, 0.25) is 0 Å². The maximum atomic E-state index is 15.0. The summed E-state index contributed by atoms with van der Waals surface area (Å²) in [5.74, 6) is -2.95. The van der Waals surface area contributed by atoms with Crippen LogP contribution >= 0.6 is 0 Å². The monoisotopic (exact) mass is 938 g/mol. The Labute approximate surface area is 372 Å². The van der Waals surface area contributed by atoms with E-state index in [0.717, 1.165) is 25.2 Å². The molecule has 4 aromatic rings. The molecule has 19 nitrogen and oxygen atoms in total. The van der Waals surface area contributed by atoms with Gasteiger partial charge in [-0.15, -0.1) is 3.89 Å². The fourth-order valence-electron chi connectivity index (χ4n) is 8.90. The molecule has 4 fully saturated rings. The molecule has 1 unspecified atom stereocenters. The van der Waals surface area contributed by atoms with Crippen molar-refractivity contribution in [3.8, 4) is 23.3 Å². The Kier molecular flexibility index (Phi) is 12.7. The van der Waals surface area contributed by atoms with Gasteiger partial charge in [0.25, 0.3) is 21.7 Å². The molecule has 4 aliphatic heterocycles. The number of anilines is 1. The molecule has 344 valence electrons. The molecule has 0 saturated carbocycles. The minimum atomic E-state index is -5.15. The highest BCUT2D eigenvalue weighted by Crippen LogP contribution is 2.41. The number of nitrogens with one attached hydrogen (secondary N) is 3. The summed E-state index contributed by atoms with van der Waals surface area (Å²) in [5, 5.41) is 12.1. The van der Waals surface area contributed by atoms with Crippen molar-refractivity contribution in [2.45, 2.75) is 73.5 Å². The second-order valence-corrected chi connectivity index (χ2v) is 19.4. The normalized spacial score (nSPS) is 20.7. The van der Waals surface area contributed by atoms with Crippen LogP contribution in [-0.4, -0.2) is 112 Å². The third-order valence-corrected chi connectivity index (χ3v) is 14.3. The van der Waals surface area contributed by atoms with Crippen LogP contribution in [0.3, 0.4) is 0 Å². The lowest BCUT2D eigenvalue weighted by Gasteiger charge is -2.40. The Bertz CT molecular complexity index is 2890. The highest BCUT2D eigenvalue weighted by molar-refractivity contribution is 7.90. The summed E-state index contributed by atoms with van der Waals surface area (Å²) in [7, 11) is -8.04. The number of aromatic nitrogens is 2. The molecule has 4 aliphatic rings. The fourth-order valence-corrected chi connectivity index (χ4v) is 10.2. The van der Waals surface area contributed by atoms with Crippen LogP contribution in [0, 0.1) is 17.1 Å². The first-order chi connectivity index (χ1) is 30.9. The number of nitriles is 1. The van der Waals surface area contributed by atoms with Gasteiger partial charge in [-0.1, -0.05) is 6.07 Å². The third-order valence-electron chi connectivity index (χ3n) is 12.4. The van der Waals surface area contributed by atoms with E-state index < -0.39 is 71.5 Å². The van der Waals surface area contributed by atoms with Gasteiger partial charge in [0.15, 0.2) is 17.7 Å². The minimum absolute atomic E-state index is 0.00533. The topological polar surface area (TPSA) is 248 Å². The summed E-state index contributed by atoms with van der Waals surface area (Å²) in [6.45, 7) is 2.15. The first-order valence-corrected chi connectivity index (χ1v) is 23.7. The van der Waals surface area contributed by atoms with Crippen molar-refractivity contribution in [3.63, 3.8) is 0 Å². The van der Waals surface area contributed by atoms with Crippen molar-refractivity contribution in [2.75, 3.05) is 51.1 Å². The quantitative estimate of drug-likeness (QED) is 0.137. The molecule has 4 saturated heterocycles. The molecule has 0 radical (unpaired) electrons. The number of rotatable bonds is 12. The molecule has 1 aromatic heterocycles. The van der Waals surface area contributed by atoms with Gasteiger partial charge in [0.05, 0.1) is 47.7 Å². The summed E-state index contributed by atoms with van der Waals surface area (Å²) in [5.41, 5.74) is -0.990. The van der Waals surface area contributed by atoms with Crippen molar-refractivity contribution < 1.29 is 53.7 Å². The van der Waals surface area contributed by atoms with Gasteiger partial charge in [0.1, 0.15) is 28.0 Å². The smallest absolute Gasteiger partial charge is 0.332 e. The summed E-state index contributed by atoms with van der Waals surface area (Å²) in [6.07, 6.45) is 3.07. The van der Waals surface area contributed by atoms with Gasteiger partial charge in [0, 0.05) is 39.0 Å². The van der Waals surface area contributed by atoms with Crippen LogP contribution in [-0.2, 0) is 39.6 Å². The summed E-state index contributed by atoms with van der Waals surface area (Å²) in [6, 6.07) is 11.8. The molecular formula is C42H44F2N8O11S2. The Morgan fingerprint density at radius 3 is 2.45 bits per heavy atom. The number of piperidine rings is 3. The molecule has 3 amide bonds. The van der Waals surface area contributed by atoms with E-state index in [1.807, 2.05) is 4.90 Å². The van der Waals surface area contributed by atoms with Gasteiger partial charge in [-0.05, 0) is 93.1 Å². The highest BCUT2D eigenvalue weighted by Gasteiger charge is 2.44. The number of carbonyl (C=O) groups excluding carboxylic acids is 3. The van der Waals surface area contributed by atoms with Gasteiger partial charge in [-0.2, -0.15) is 22.1 Å². The predicted octanol–water partition coefficient (Wildman–Crippen LogP) is 3.12. The number of nitrogens with zero attached hydrogens (tertiary/aromatic N) is 5. The van der Waals surface area contributed by atoms with Crippen LogP contribution in [0.25, 0.3) is 10.9 Å². The molecule has 23 heteroatoms. The zero-order chi connectivity index (χ0) is 46.3. The van der Waals surface area contributed by atoms with Crippen molar-refractivity contribution in [1.82, 2.24) is 29.4 Å². The minimum Gasteiger partial charge on any atom is -0.481 e. The molecule has 3 aromatic carbocycles. The van der Waals surface area contributed by atoms with Gasteiger partial charge in [-0.3, -0.25) is 38.7 Å². The Morgan fingerprint density at radius 1 is 1.02 bits per heavy atom. The number of likely N-dealkylation sites (tertiary alicyclic amines) is 2. The number of hydrogen-bond donors (Lipinski definition) is 3. The Hall–Kier alpha value is -6.06. The molecule has 8 rings (SSSR count). The number of ether oxygens (including phenoxy) is 3. The second-order valence-electron chi connectivity index (χ2n) is 16.4. The number of benzene rings is 3. The lowest BCUT2D eigenvalue weighted by atomic mass is 9.87. The van der Waals surface area contributed by atoms with Crippen LogP contribution < -0.4 is 29.8 Å². The van der Waals surface area contributed by atoms with Crippen molar-refractivity contribution in [2.24, 2.45) is 0 Å².